The van der Waals surface area contributed by atoms with Crippen LogP contribution in [0.1, 0.15) is 18.1 Å². The zero-order chi connectivity index (χ0) is 19.4. The summed E-state index contributed by atoms with van der Waals surface area (Å²) in [5.41, 5.74) is 2.70. The van der Waals surface area contributed by atoms with Crippen LogP contribution in [-0.2, 0) is 11.3 Å². The van der Waals surface area contributed by atoms with Crippen LogP contribution in [0.5, 0.6) is 0 Å². The maximum atomic E-state index is 13.8. The number of hydrogen-bond acceptors (Lipinski definition) is 3. The molecule has 1 atom stereocenters. The van der Waals surface area contributed by atoms with Gasteiger partial charge in [-0.15, -0.1) is 0 Å². The molecule has 0 aromatic heterocycles. The maximum absolute atomic E-state index is 13.8. The topological polar surface area (TPSA) is 35.6 Å². The molecule has 1 saturated heterocycles. The Hall–Kier alpha value is -1.95. The molecule has 6 heteroatoms. The van der Waals surface area contributed by atoms with Crippen molar-refractivity contribution in [2.75, 3.05) is 31.5 Å². The summed E-state index contributed by atoms with van der Waals surface area (Å²) in [5.74, 6) is -0.703. The number of nitrogens with zero attached hydrogens (tertiary/aromatic N) is 2. The van der Waals surface area contributed by atoms with E-state index in [1.54, 1.807) is 0 Å². The van der Waals surface area contributed by atoms with Crippen LogP contribution < -0.4 is 5.32 Å². The molecule has 1 N–H and O–H groups in total. The molecule has 1 amide bonds. The van der Waals surface area contributed by atoms with Gasteiger partial charge in [0.15, 0.2) is 0 Å². The second-order valence-corrected chi connectivity index (χ2v) is 7.53. The summed E-state index contributed by atoms with van der Waals surface area (Å²) < 4.78 is 13.8. The van der Waals surface area contributed by atoms with E-state index in [2.05, 4.69) is 46.3 Å². The summed E-state index contributed by atoms with van der Waals surface area (Å²) in [6, 6.07) is 12.4. The third kappa shape index (κ3) is 5.28. The Morgan fingerprint density at radius 3 is 2.63 bits per heavy atom. The van der Waals surface area contributed by atoms with Gasteiger partial charge in [0.05, 0.1) is 11.7 Å². The number of carbonyl (C=O) groups is 1. The number of hydrogen-bond donors (Lipinski definition) is 1. The highest BCUT2D eigenvalue weighted by Crippen LogP contribution is 2.20. The van der Waals surface area contributed by atoms with E-state index >= 15 is 0 Å². The van der Waals surface area contributed by atoms with E-state index in [1.807, 2.05) is 6.92 Å². The lowest BCUT2D eigenvalue weighted by Crippen LogP contribution is -2.52. The Bertz CT molecular complexity index is 806. The van der Waals surface area contributed by atoms with Gasteiger partial charge in [0, 0.05) is 37.7 Å². The van der Waals surface area contributed by atoms with E-state index in [-0.39, 0.29) is 17.6 Å². The molecule has 0 saturated carbocycles. The Balaban J connectivity index is 1.52. The number of benzene rings is 2. The summed E-state index contributed by atoms with van der Waals surface area (Å²) in [4.78, 5) is 17.0. The standard InChI is InChI=1S/C21H25ClFN3O/c1-15-4-3-5-17(12-15)14-25-8-10-26(11-9-25)16(2)21(27)24-20-13-18(22)6-7-19(20)23/h3-7,12-13,16H,8-11,14H2,1-2H3,(H,24,27). The lowest BCUT2D eigenvalue weighted by molar-refractivity contribution is -0.121. The minimum absolute atomic E-state index is 0.123. The minimum Gasteiger partial charge on any atom is -0.322 e. The Morgan fingerprint density at radius 1 is 1.19 bits per heavy atom. The fraction of sp³-hybridized carbons (Fsp3) is 0.381. The highest BCUT2D eigenvalue weighted by atomic mass is 35.5. The van der Waals surface area contributed by atoms with E-state index in [0.29, 0.717) is 5.02 Å². The fourth-order valence-corrected chi connectivity index (χ4v) is 3.55. The molecule has 3 rings (SSSR count). The summed E-state index contributed by atoms with van der Waals surface area (Å²) in [6.45, 7) is 8.29. The molecule has 1 fully saturated rings. The van der Waals surface area contributed by atoms with E-state index in [9.17, 15) is 9.18 Å². The first kappa shape index (κ1) is 19.8. The number of piperazine rings is 1. The molecule has 4 nitrogen and oxygen atoms in total. The Kier molecular flexibility index (Phi) is 6.47. The molecular formula is C21H25ClFN3O. The molecule has 0 radical (unpaired) electrons. The molecule has 1 unspecified atom stereocenters. The van der Waals surface area contributed by atoms with Crippen molar-refractivity contribution in [1.29, 1.82) is 0 Å². The normalized spacial score (nSPS) is 16.9. The lowest BCUT2D eigenvalue weighted by atomic mass is 10.1. The molecule has 0 bridgehead atoms. The van der Waals surface area contributed by atoms with Crippen molar-refractivity contribution in [2.45, 2.75) is 26.4 Å². The third-order valence-electron chi connectivity index (χ3n) is 5.01. The van der Waals surface area contributed by atoms with Gasteiger partial charge in [0.2, 0.25) is 5.91 Å². The number of nitrogens with one attached hydrogen (secondary N) is 1. The van der Waals surface area contributed by atoms with Gasteiger partial charge in [0.25, 0.3) is 0 Å². The molecule has 1 aliphatic heterocycles. The summed E-state index contributed by atoms with van der Waals surface area (Å²) in [7, 11) is 0. The average Bonchev–Trinajstić information content (AvgIpc) is 2.65. The number of amides is 1. The smallest absolute Gasteiger partial charge is 0.241 e. The van der Waals surface area contributed by atoms with Crippen molar-refractivity contribution >= 4 is 23.2 Å². The van der Waals surface area contributed by atoms with Crippen LogP contribution in [0.3, 0.4) is 0 Å². The highest BCUT2D eigenvalue weighted by Gasteiger charge is 2.26. The molecule has 144 valence electrons. The van der Waals surface area contributed by atoms with Crippen LogP contribution in [0, 0.1) is 12.7 Å². The van der Waals surface area contributed by atoms with Crippen LogP contribution in [0.15, 0.2) is 42.5 Å². The second-order valence-electron chi connectivity index (χ2n) is 7.09. The molecule has 1 aliphatic rings. The van der Waals surface area contributed by atoms with Crippen molar-refractivity contribution in [1.82, 2.24) is 9.80 Å². The first-order chi connectivity index (χ1) is 12.9. The Labute approximate surface area is 164 Å². The predicted octanol–water partition coefficient (Wildman–Crippen LogP) is 3.93. The highest BCUT2D eigenvalue weighted by molar-refractivity contribution is 6.30. The molecule has 0 spiro atoms. The zero-order valence-electron chi connectivity index (χ0n) is 15.7. The van der Waals surface area contributed by atoms with Gasteiger partial charge < -0.3 is 5.32 Å². The van der Waals surface area contributed by atoms with Gasteiger partial charge in [-0.25, -0.2) is 4.39 Å². The third-order valence-corrected chi connectivity index (χ3v) is 5.24. The van der Waals surface area contributed by atoms with Gasteiger partial charge >= 0.3 is 0 Å². The van der Waals surface area contributed by atoms with Crippen molar-refractivity contribution in [3.63, 3.8) is 0 Å². The van der Waals surface area contributed by atoms with Crippen molar-refractivity contribution < 1.29 is 9.18 Å². The van der Waals surface area contributed by atoms with Crippen molar-refractivity contribution in [3.05, 3.63) is 64.4 Å². The fourth-order valence-electron chi connectivity index (χ4n) is 3.37. The van der Waals surface area contributed by atoms with Gasteiger partial charge in [-0.3, -0.25) is 14.6 Å². The summed E-state index contributed by atoms with van der Waals surface area (Å²) in [6.07, 6.45) is 0. The van der Waals surface area contributed by atoms with E-state index in [4.69, 9.17) is 11.6 Å². The zero-order valence-corrected chi connectivity index (χ0v) is 16.5. The second kappa shape index (κ2) is 8.83. The van der Waals surface area contributed by atoms with Crippen LogP contribution >= 0.6 is 11.6 Å². The Morgan fingerprint density at radius 2 is 1.93 bits per heavy atom. The number of aryl methyl sites for hydroxylation is 1. The van der Waals surface area contributed by atoms with E-state index in [0.717, 1.165) is 32.7 Å². The van der Waals surface area contributed by atoms with Gasteiger partial charge in [-0.05, 0) is 37.6 Å². The van der Waals surface area contributed by atoms with Crippen LogP contribution in [0.25, 0.3) is 0 Å². The van der Waals surface area contributed by atoms with Crippen LogP contribution in [0.2, 0.25) is 5.02 Å². The molecule has 2 aromatic carbocycles. The lowest BCUT2D eigenvalue weighted by Gasteiger charge is -2.37. The molecule has 27 heavy (non-hydrogen) atoms. The van der Waals surface area contributed by atoms with Gasteiger partial charge in [-0.1, -0.05) is 41.4 Å². The summed E-state index contributed by atoms with van der Waals surface area (Å²) >= 11 is 5.89. The number of rotatable bonds is 5. The quantitative estimate of drug-likeness (QED) is 0.841. The van der Waals surface area contributed by atoms with Crippen molar-refractivity contribution in [3.8, 4) is 0 Å². The van der Waals surface area contributed by atoms with Crippen LogP contribution in [-0.4, -0.2) is 47.9 Å². The van der Waals surface area contributed by atoms with E-state index in [1.165, 1.54) is 29.3 Å². The SMILES string of the molecule is Cc1cccc(CN2CCN(C(C)C(=O)Nc3cc(Cl)ccc3F)CC2)c1. The van der Waals surface area contributed by atoms with Crippen LogP contribution in [0.4, 0.5) is 10.1 Å². The molecular weight excluding hydrogens is 365 g/mol. The average molecular weight is 390 g/mol. The van der Waals surface area contributed by atoms with Gasteiger partial charge in [0.1, 0.15) is 5.82 Å². The predicted molar refractivity (Wildman–Crippen MR) is 108 cm³/mol. The number of anilines is 1. The summed E-state index contributed by atoms with van der Waals surface area (Å²) in [5, 5.41) is 3.04. The largest absolute Gasteiger partial charge is 0.322 e. The first-order valence-electron chi connectivity index (χ1n) is 9.20. The first-order valence-corrected chi connectivity index (χ1v) is 9.58. The molecule has 2 aromatic rings. The monoisotopic (exact) mass is 389 g/mol. The van der Waals surface area contributed by atoms with Crippen molar-refractivity contribution in [2.24, 2.45) is 0 Å². The minimum atomic E-state index is -0.483. The van der Waals surface area contributed by atoms with Gasteiger partial charge in [-0.2, -0.15) is 0 Å². The molecule has 1 heterocycles. The molecule has 0 aliphatic carbocycles. The maximum Gasteiger partial charge on any atom is 0.241 e. The number of carbonyl (C=O) groups excluding carboxylic acids is 1. The van der Waals surface area contributed by atoms with E-state index < -0.39 is 5.82 Å². The number of halogens is 2.